The first-order chi connectivity index (χ1) is 22.1. The number of hydrogen-bond acceptors (Lipinski definition) is 4. The summed E-state index contributed by atoms with van der Waals surface area (Å²) in [7, 11) is 0. The van der Waals surface area contributed by atoms with E-state index in [1.165, 1.54) is 12.1 Å². The molecule has 5 nitrogen and oxygen atoms in total. The fraction of sp³-hybridized carbons (Fsp3) is 0.231. The minimum Gasteiger partial charge on any atom is -0.348 e. The van der Waals surface area contributed by atoms with E-state index in [0.717, 1.165) is 16.7 Å². The van der Waals surface area contributed by atoms with E-state index in [-0.39, 0.29) is 11.7 Å². The number of halogens is 1. The van der Waals surface area contributed by atoms with Crippen LogP contribution in [0.2, 0.25) is 0 Å². The van der Waals surface area contributed by atoms with Crippen molar-refractivity contribution in [3.8, 4) is 11.3 Å². The number of imidazole rings is 1. The van der Waals surface area contributed by atoms with Crippen molar-refractivity contribution in [3.05, 3.63) is 156 Å². The third-order valence-electron chi connectivity index (χ3n) is 9.25. The fourth-order valence-corrected chi connectivity index (χ4v) is 6.99. The molecular weight excluding hydrogens is 563 g/mol. The van der Waals surface area contributed by atoms with Gasteiger partial charge in [0.2, 0.25) is 0 Å². The molecular formula is C39H35FN2O3. The number of nitrogens with zero attached hydrogens (tertiary/aromatic N) is 2. The number of benzene rings is 4. The predicted molar refractivity (Wildman–Crippen MR) is 173 cm³/mol. The average molecular weight is 599 g/mol. The van der Waals surface area contributed by atoms with Crippen molar-refractivity contribution in [2.24, 2.45) is 5.92 Å². The maximum Gasteiger partial charge on any atom is 0.168 e. The maximum absolute atomic E-state index is 15.4. The first-order valence-corrected chi connectivity index (χ1v) is 15.6. The summed E-state index contributed by atoms with van der Waals surface area (Å²) in [6, 6.07) is 36.0. The van der Waals surface area contributed by atoms with Gasteiger partial charge in [-0.3, -0.25) is 4.79 Å². The summed E-state index contributed by atoms with van der Waals surface area (Å²) >= 11 is 0. The molecule has 7 rings (SSSR count). The number of rotatable bonds is 8. The molecule has 1 aliphatic heterocycles. The normalized spacial score (nSPS) is 16.8. The Morgan fingerprint density at radius 3 is 1.91 bits per heavy atom. The van der Waals surface area contributed by atoms with E-state index in [2.05, 4.69) is 41.0 Å². The molecule has 1 aromatic heterocycles. The lowest BCUT2D eigenvalue weighted by Gasteiger charge is -2.37. The summed E-state index contributed by atoms with van der Waals surface area (Å²) in [4.78, 5) is 18.1. The van der Waals surface area contributed by atoms with Crippen LogP contribution in [0.5, 0.6) is 0 Å². The lowest BCUT2D eigenvalue weighted by atomic mass is 9.77. The van der Waals surface area contributed by atoms with Crippen LogP contribution in [0.15, 0.2) is 128 Å². The van der Waals surface area contributed by atoms with Crippen LogP contribution in [0.3, 0.4) is 0 Å². The minimum atomic E-state index is -0.737. The summed E-state index contributed by atoms with van der Waals surface area (Å²) in [6.45, 7) is 1.21. The van der Waals surface area contributed by atoms with Gasteiger partial charge in [-0.05, 0) is 47.8 Å². The molecule has 1 saturated carbocycles. The molecule has 0 amide bonds. The van der Waals surface area contributed by atoms with Crippen LogP contribution in [0.4, 0.5) is 4.39 Å². The molecule has 0 atom stereocenters. The highest BCUT2D eigenvalue weighted by Crippen LogP contribution is 2.42. The second kappa shape index (κ2) is 12.4. The number of ketones is 1. The molecule has 2 heterocycles. The second-order valence-corrected chi connectivity index (χ2v) is 11.8. The largest absolute Gasteiger partial charge is 0.348 e. The van der Waals surface area contributed by atoms with Crippen molar-refractivity contribution in [3.63, 3.8) is 0 Å². The topological polar surface area (TPSA) is 53.4 Å². The zero-order valence-electron chi connectivity index (χ0n) is 25.0. The van der Waals surface area contributed by atoms with Crippen LogP contribution in [-0.4, -0.2) is 34.3 Å². The Balaban J connectivity index is 1.26. The first kappa shape index (κ1) is 29.1. The highest BCUT2D eigenvalue weighted by atomic mass is 19.1. The minimum absolute atomic E-state index is 0.00108. The third-order valence-corrected chi connectivity index (χ3v) is 9.25. The Morgan fingerprint density at radius 2 is 1.36 bits per heavy atom. The van der Waals surface area contributed by atoms with Crippen LogP contribution in [-0.2, 0) is 19.8 Å². The molecule has 226 valence electrons. The Morgan fingerprint density at radius 1 is 0.800 bits per heavy atom. The predicted octanol–water partition coefficient (Wildman–Crippen LogP) is 8.05. The molecule has 6 heteroatoms. The monoisotopic (exact) mass is 598 g/mol. The van der Waals surface area contributed by atoms with E-state index in [1.807, 2.05) is 73.2 Å². The standard InChI is InChI=1S/C39H35FN2O3/c40-35-18-10-17-34(33(35)19-20-37(43)29-21-23-38(24-22-29)44-25-26-45-38)36-27-42(28-41-36)39(30-11-4-1-5-12-30,31-13-6-2-7-14-31)32-15-8-3-9-16-32/h1-20,27-29H,21-26H2/b20-19+. The second-order valence-electron chi connectivity index (χ2n) is 11.8. The number of ether oxygens (including phenoxy) is 2. The fourth-order valence-electron chi connectivity index (χ4n) is 6.99. The Hall–Kier alpha value is -4.65. The maximum atomic E-state index is 15.4. The summed E-state index contributed by atoms with van der Waals surface area (Å²) in [5, 5.41) is 0. The van der Waals surface area contributed by atoms with Gasteiger partial charge in [0, 0.05) is 36.1 Å². The molecule has 0 bridgehead atoms. The van der Waals surface area contributed by atoms with Crippen LogP contribution >= 0.6 is 0 Å². The van der Waals surface area contributed by atoms with E-state index >= 15 is 4.39 Å². The SMILES string of the molecule is O=C(/C=C/c1c(F)cccc1-c1cn(C(c2ccccc2)(c2ccccc2)c2ccccc2)cn1)C1CCC2(CC1)OCCO2. The van der Waals surface area contributed by atoms with Crippen molar-refractivity contribution in [2.45, 2.75) is 37.0 Å². The zero-order valence-corrected chi connectivity index (χ0v) is 25.0. The van der Waals surface area contributed by atoms with Crippen LogP contribution < -0.4 is 0 Å². The van der Waals surface area contributed by atoms with Gasteiger partial charge in [-0.25, -0.2) is 9.37 Å². The Bertz CT molecular complexity index is 1690. The van der Waals surface area contributed by atoms with Crippen LogP contribution in [0.1, 0.15) is 47.9 Å². The molecule has 0 unspecified atom stereocenters. The first-order valence-electron chi connectivity index (χ1n) is 15.6. The van der Waals surface area contributed by atoms with Crippen LogP contribution in [0.25, 0.3) is 17.3 Å². The Labute approximate surface area is 263 Å². The summed E-state index contributed by atoms with van der Waals surface area (Å²) in [5.74, 6) is -1.05. The van der Waals surface area contributed by atoms with Gasteiger partial charge in [-0.2, -0.15) is 0 Å². The molecule has 1 aliphatic carbocycles. The van der Waals surface area contributed by atoms with Crippen LogP contribution in [0, 0.1) is 11.7 Å². The number of carbonyl (C=O) groups excluding carboxylic acids is 1. The lowest BCUT2D eigenvalue weighted by Crippen LogP contribution is -2.36. The number of hydrogen-bond donors (Lipinski definition) is 0. The molecule has 1 spiro atoms. The lowest BCUT2D eigenvalue weighted by molar-refractivity contribution is -0.182. The van der Waals surface area contributed by atoms with Gasteiger partial charge in [0.1, 0.15) is 11.4 Å². The van der Waals surface area contributed by atoms with Gasteiger partial charge in [-0.15, -0.1) is 0 Å². The van der Waals surface area contributed by atoms with E-state index in [4.69, 9.17) is 14.5 Å². The molecule has 45 heavy (non-hydrogen) atoms. The number of allylic oxidation sites excluding steroid dienone is 1. The quantitative estimate of drug-likeness (QED) is 0.134. The molecule has 5 aromatic rings. The van der Waals surface area contributed by atoms with Gasteiger partial charge in [0.15, 0.2) is 11.6 Å². The van der Waals surface area contributed by atoms with E-state index in [0.29, 0.717) is 55.7 Å². The summed E-state index contributed by atoms with van der Waals surface area (Å²) in [6.07, 6.45) is 9.71. The van der Waals surface area contributed by atoms with Gasteiger partial charge >= 0.3 is 0 Å². The summed E-state index contributed by atoms with van der Waals surface area (Å²) in [5.41, 5.74) is 4.05. The van der Waals surface area contributed by atoms with Crippen molar-refractivity contribution in [1.82, 2.24) is 9.55 Å². The molecule has 2 fully saturated rings. The summed E-state index contributed by atoms with van der Waals surface area (Å²) < 4.78 is 29.2. The molecule has 1 saturated heterocycles. The smallest absolute Gasteiger partial charge is 0.168 e. The van der Waals surface area contributed by atoms with Crippen molar-refractivity contribution in [2.75, 3.05) is 13.2 Å². The van der Waals surface area contributed by atoms with Crippen molar-refractivity contribution < 1.29 is 18.7 Å². The number of aromatic nitrogens is 2. The average Bonchev–Trinajstić information content (AvgIpc) is 3.77. The highest BCUT2D eigenvalue weighted by Gasteiger charge is 2.41. The molecule has 0 radical (unpaired) electrons. The Kier molecular flexibility index (Phi) is 8.01. The third kappa shape index (κ3) is 5.45. The van der Waals surface area contributed by atoms with Gasteiger partial charge < -0.3 is 14.0 Å². The van der Waals surface area contributed by atoms with E-state index < -0.39 is 17.1 Å². The van der Waals surface area contributed by atoms with Gasteiger partial charge in [0.05, 0.1) is 25.2 Å². The molecule has 4 aromatic carbocycles. The number of carbonyl (C=O) groups is 1. The molecule has 2 aliphatic rings. The van der Waals surface area contributed by atoms with Gasteiger partial charge in [0.25, 0.3) is 0 Å². The van der Waals surface area contributed by atoms with Crippen molar-refractivity contribution >= 4 is 11.9 Å². The van der Waals surface area contributed by atoms with Crippen molar-refractivity contribution in [1.29, 1.82) is 0 Å². The van der Waals surface area contributed by atoms with Gasteiger partial charge in [-0.1, -0.05) is 103 Å². The van der Waals surface area contributed by atoms with E-state index in [1.54, 1.807) is 12.1 Å². The zero-order chi connectivity index (χ0) is 30.7. The molecule has 0 N–H and O–H groups in total. The van der Waals surface area contributed by atoms with E-state index in [9.17, 15) is 4.79 Å². The highest BCUT2D eigenvalue weighted by molar-refractivity contribution is 5.96.